The number of nitrogens with one attached hydrogen (secondary N) is 2. The molecule has 0 bridgehead atoms. The first kappa shape index (κ1) is 21.8. The minimum Gasteiger partial charge on any atom is -0.495 e. The molecule has 11 heteroatoms. The highest BCUT2D eigenvalue weighted by atomic mass is 35.5. The molecular weight excluding hydrogens is 406 g/mol. The summed E-state index contributed by atoms with van der Waals surface area (Å²) in [6.45, 7) is -0.627. The molecule has 0 saturated carbocycles. The molecular formula is C18H18ClN3O7. The second-order valence-corrected chi connectivity index (χ2v) is 5.96. The zero-order valence-electron chi connectivity index (χ0n) is 15.8. The maximum absolute atomic E-state index is 12.3. The number of esters is 1. The normalized spacial score (nSPS) is 10.1. The summed E-state index contributed by atoms with van der Waals surface area (Å²) in [6.07, 6.45) is 0. The molecule has 0 saturated heterocycles. The first-order valence-corrected chi connectivity index (χ1v) is 8.53. The van der Waals surface area contributed by atoms with Crippen molar-refractivity contribution in [2.45, 2.75) is 0 Å². The van der Waals surface area contributed by atoms with Crippen LogP contribution in [0.5, 0.6) is 11.5 Å². The Hall–Kier alpha value is -3.53. The van der Waals surface area contributed by atoms with Crippen LogP contribution < -0.4 is 20.1 Å². The molecule has 0 spiro atoms. The average Bonchev–Trinajstić information content (AvgIpc) is 2.71. The van der Waals surface area contributed by atoms with E-state index < -0.39 is 23.4 Å². The van der Waals surface area contributed by atoms with Crippen LogP contribution in [0.4, 0.5) is 17.1 Å². The number of ether oxygens (including phenoxy) is 3. The van der Waals surface area contributed by atoms with Gasteiger partial charge >= 0.3 is 5.97 Å². The summed E-state index contributed by atoms with van der Waals surface area (Å²) in [5.41, 5.74) is 0.229. The fourth-order valence-electron chi connectivity index (χ4n) is 2.39. The van der Waals surface area contributed by atoms with Crippen molar-refractivity contribution in [3.63, 3.8) is 0 Å². The number of non-ortho nitro benzene ring substituents is 1. The molecule has 0 heterocycles. The molecule has 2 aromatic carbocycles. The number of nitro benzene ring substituents is 1. The zero-order valence-corrected chi connectivity index (χ0v) is 16.5. The Balaban J connectivity index is 2.10. The molecule has 1 amide bonds. The Labute approximate surface area is 170 Å². The standard InChI is InChI=1S/C18H18ClN3O7/c1-20-13-5-4-10(22(25)26)6-11(13)18(24)29-9-17(23)21-14-7-12(19)15(27-2)8-16(14)28-3/h4-8,20H,9H2,1-3H3,(H,21,23). The van der Waals surface area contributed by atoms with E-state index >= 15 is 0 Å². The molecule has 2 N–H and O–H groups in total. The van der Waals surface area contributed by atoms with Crippen LogP contribution in [0.15, 0.2) is 30.3 Å². The Bertz CT molecular complexity index is 949. The van der Waals surface area contributed by atoms with Crippen molar-refractivity contribution in [2.24, 2.45) is 0 Å². The number of carbonyl (C=O) groups excluding carboxylic acids is 2. The molecule has 0 aliphatic carbocycles. The van der Waals surface area contributed by atoms with Gasteiger partial charge in [-0.05, 0) is 12.1 Å². The molecule has 0 aliphatic heterocycles. The zero-order chi connectivity index (χ0) is 21.6. The lowest BCUT2D eigenvalue weighted by molar-refractivity contribution is -0.384. The van der Waals surface area contributed by atoms with Gasteiger partial charge in [0, 0.05) is 30.9 Å². The van der Waals surface area contributed by atoms with E-state index in [2.05, 4.69) is 10.6 Å². The van der Waals surface area contributed by atoms with Gasteiger partial charge in [0.15, 0.2) is 6.61 Å². The average molecular weight is 424 g/mol. The number of hydrogen-bond acceptors (Lipinski definition) is 8. The number of benzene rings is 2. The van der Waals surface area contributed by atoms with Crippen LogP contribution in [-0.4, -0.2) is 44.7 Å². The predicted molar refractivity (Wildman–Crippen MR) is 106 cm³/mol. The molecule has 0 unspecified atom stereocenters. The van der Waals surface area contributed by atoms with Crippen LogP contribution >= 0.6 is 11.6 Å². The van der Waals surface area contributed by atoms with Gasteiger partial charge < -0.3 is 24.8 Å². The minimum atomic E-state index is -0.895. The highest BCUT2D eigenvalue weighted by molar-refractivity contribution is 6.32. The van der Waals surface area contributed by atoms with Crippen LogP contribution in [0.2, 0.25) is 5.02 Å². The third-order valence-corrected chi connectivity index (χ3v) is 4.08. The Morgan fingerprint density at radius 2 is 1.79 bits per heavy atom. The van der Waals surface area contributed by atoms with E-state index in [0.29, 0.717) is 17.2 Å². The number of anilines is 2. The number of hydrogen-bond donors (Lipinski definition) is 2. The molecule has 154 valence electrons. The highest BCUT2D eigenvalue weighted by Gasteiger charge is 2.19. The quantitative estimate of drug-likeness (QED) is 0.376. The SMILES string of the molecule is CNc1ccc([N+](=O)[O-])cc1C(=O)OCC(=O)Nc1cc(Cl)c(OC)cc1OC. The molecule has 0 atom stereocenters. The van der Waals surface area contributed by atoms with Crippen LogP contribution in [0.3, 0.4) is 0 Å². The fraction of sp³-hybridized carbons (Fsp3) is 0.222. The molecule has 0 radical (unpaired) electrons. The molecule has 0 fully saturated rings. The van der Waals surface area contributed by atoms with Gasteiger partial charge in [0.2, 0.25) is 0 Å². The van der Waals surface area contributed by atoms with Crippen molar-refractivity contribution < 1.29 is 28.7 Å². The number of methoxy groups -OCH3 is 2. The first-order valence-electron chi connectivity index (χ1n) is 8.15. The Morgan fingerprint density at radius 3 is 2.38 bits per heavy atom. The van der Waals surface area contributed by atoms with Crippen molar-refractivity contribution in [3.8, 4) is 11.5 Å². The minimum absolute atomic E-state index is 0.0698. The summed E-state index contributed by atoms with van der Waals surface area (Å²) < 4.78 is 15.2. The van der Waals surface area contributed by atoms with Crippen LogP contribution in [0, 0.1) is 10.1 Å². The first-order chi connectivity index (χ1) is 13.8. The van der Waals surface area contributed by atoms with Crippen molar-refractivity contribution in [2.75, 3.05) is 38.5 Å². The van der Waals surface area contributed by atoms with Gasteiger partial charge in [-0.25, -0.2) is 4.79 Å². The molecule has 2 rings (SSSR count). The summed E-state index contributed by atoms with van der Waals surface area (Å²) in [5.74, 6) is -0.900. The lowest BCUT2D eigenvalue weighted by Crippen LogP contribution is -2.21. The molecule has 29 heavy (non-hydrogen) atoms. The van der Waals surface area contributed by atoms with Crippen molar-refractivity contribution in [1.82, 2.24) is 0 Å². The highest BCUT2D eigenvalue weighted by Crippen LogP contribution is 2.35. The molecule has 2 aromatic rings. The molecule has 0 aromatic heterocycles. The van der Waals surface area contributed by atoms with E-state index in [1.807, 2.05) is 0 Å². The maximum Gasteiger partial charge on any atom is 0.341 e. The van der Waals surface area contributed by atoms with Gasteiger partial charge in [0.05, 0.1) is 35.4 Å². The fourth-order valence-corrected chi connectivity index (χ4v) is 2.63. The van der Waals surface area contributed by atoms with Crippen LogP contribution in [-0.2, 0) is 9.53 Å². The van der Waals surface area contributed by atoms with Crippen molar-refractivity contribution in [1.29, 1.82) is 0 Å². The van der Waals surface area contributed by atoms with Gasteiger partial charge in [-0.3, -0.25) is 14.9 Å². The predicted octanol–water partition coefficient (Wildman–Crippen LogP) is 3.10. The summed E-state index contributed by atoms with van der Waals surface area (Å²) in [6, 6.07) is 6.61. The largest absolute Gasteiger partial charge is 0.495 e. The van der Waals surface area contributed by atoms with Gasteiger partial charge in [0.1, 0.15) is 11.5 Å². The second-order valence-electron chi connectivity index (χ2n) is 5.55. The van der Waals surface area contributed by atoms with Crippen molar-refractivity contribution in [3.05, 3.63) is 51.0 Å². The van der Waals surface area contributed by atoms with Gasteiger partial charge in [-0.2, -0.15) is 0 Å². The van der Waals surface area contributed by atoms with E-state index in [9.17, 15) is 19.7 Å². The molecule has 0 aliphatic rings. The van der Waals surface area contributed by atoms with Crippen LogP contribution in [0.25, 0.3) is 0 Å². The molecule has 10 nitrogen and oxygen atoms in total. The lowest BCUT2D eigenvalue weighted by Gasteiger charge is -2.13. The smallest absolute Gasteiger partial charge is 0.341 e. The summed E-state index contributed by atoms with van der Waals surface area (Å²) in [5, 5.41) is 16.4. The number of amides is 1. The second kappa shape index (κ2) is 9.60. The Morgan fingerprint density at radius 1 is 1.10 bits per heavy atom. The van der Waals surface area contributed by atoms with Crippen LogP contribution in [0.1, 0.15) is 10.4 Å². The number of carbonyl (C=O) groups is 2. The lowest BCUT2D eigenvalue weighted by atomic mass is 10.1. The summed E-state index contributed by atoms with van der Waals surface area (Å²) in [4.78, 5) is 34.7. The number of rotatable bonds is 8. The maximum atomic E-state index is 12.3. The number of halogens is 1. The summed E-state index contributed by atoms with van der Waals surface area (Å²) >= 11 is 6.04. The third kappa shape index (κ3) is 5.26. The van der Waals surface area contributed by atoms with E-state index in [1.165, 1.54) is 38.5 Å². The number of nitrogens with zero attached hydrogens (tertiary/aromatic N) is 1. The van der Waals surface area contributed by atoms with E-state index in [0.717, 1.165) is 6.07 Å². The Kier molecular flexibility index (Phi) is 7.21. The van der Waals surface area contributed by atoms with E-state index in [-0.39, 0.29) is 22.0 Å². The van der Waals surface area contributed by atoms with E-state index in [1.54, 1.807) is 7.05 Å². The van der Waals surface area contributed by atoms with E-state index in [4.69, 9.17) is 25.8 Å². The topological polar surface area (TPSA) is 129 Å². The monoisotopic (exact) mass is 423 g/mol. The van der Waals surface area contributed by atoms with Crippen molar-refractivity contribution >= 4 is 40.5 Å². The summed E-state index contributed by atoms with van der Waals surface area (Å²) in [7, 11) is 4.38. The van der Waals surface area contributed by atoms with Gasteiger partial charge in [0.25, 0.3) is 11.6 Å². The number of nitro groups is 1. The van der Waals surface area contributed by atoms with Gasteiger partial charge in [-0.1, -0.05) is 11.6 Å². The van der Waals surface area contributed by atoms with Gasteiger partial charge in [-0.15, -0.1) is 0 Å². The third-order valence-electron chi connectivity index (χ3n) is 3.79.